The second-order valence-corrected chi connectivity index (χ2v) is 5.83. The average Bonchev–Trinajstić information content (AvgIpc) is 2.50. The van der Waals surface area contributed by atoms with Crippen LogP contribution in [0.3, 0.4) is 0 Å². The molecule has 0 spiro atoms. The van der Waals surface area contributed by atoms with Gasteiger partial charge in [-0.05, 0) is 25.8 Å². The third-order valence-electron chi connectivity index (χ3n) is 3.54. The van der Waals surface area contributed by atoms with Crippen molar-refractivity contribution in [2.45, 2.75) is 90.6 Å². The molecule has 2 atom stereocenters. The lowest BCUT2D eigenvalue weighted by Gasteiger charge is -2.05. The van der Waals surface area contributed by atoms with Crippen molar-refractivity contribution in [3.05, 3.63) is 12.3 Å². The summed E-state index contributed by atoms with van der Waals surface area (Å²) in [7, 11) is 2.06. The summed E-state index contributed by atoms with van der Waals surface area (Å²) in [6.45, 7) is 3.91. The first kappa shape index (κ1) is 20.6. The van der Waals surface area contributed by atoms with Crippen LogP contribution in [0.1, 0.15) is 84.5 Å². The second-order valence-electron chi connectivity index (χ2n) is 5.56. The number of carbonyl (C=O) groups excluding carboxylic acids is 1. The van der Waals surface area contributed by atoms with Crippen molar-refractivity contribution in [2.75, 3.05) is 0 Å². The van der Waals surface area contributed by atoms with Gasteiger partial charge in [0.1, 0.15) is 0 Å². The van der Waals surface area contributed by atoms with Crippen molar-refractivity contribution in [2.24, 2.45) is 0 Å². The fourth-order valence-corrected chi connectivity index (χ4v) is 2.20. The van der Waals surface area contributed by atoms with Crippen molar-refractivity contribution >= 4 is 15.4 Å². The molecule has 0 N–H and O–H groups in total. The van der Waals surface area contributed by atoms with E-state index in [1.807, 2.05) is 6.08 Å². The molecule has 0 aromatic heterocycles. The van der Waals surface area contributed by atoms with E-state index < -0.39 is 6.10 Å². The van der Waals surface area contributed by atoms with Crippen molar-refractivity contribution in [3.63, 3.8) is 0 Å². The summed E-state index contributed by atoms with van der Waals surface area (Å²) >= 11 is 0. The fourth-order valence-electron chi connectivity index (χ4n) is 2.08. The Labute approximate surface area is 133 Å². The van der Waals surface area contributed by atoms with Crippen LogP contribution in [0.15, 0.2) is 12.3 Å². The topological polar surface area (TPSA) is 35.5 Å². The largest absolute Gasteiger partial charge is 0.433 e. The molecule has 0 heterocycles. The molecule has 0 aliphatic heterocycles. The van der Waals surface area contributed by atoms with E-state index in [1.165, 1.54) is 70.5 Å². The Morgan fingerprint density at radius 3 is 2.05 bits per heavy atom. The molecule has 124 valence electrons. The van der Waals surface area contributed by atoms with Crippen LogP contribution in [0.4, 0.5) is 0 Å². The molecule has 0 aliphatic carbocycles. The number of hydrogen-bond acceptors (Lipinski definition) is 3. The lowest BCUT2D eigenvalue weighted by atomic mass is 10.1. The molecule has 2 unspecified atom stereocenters. The van der Waals surface area contributed by atoms with Crippen molar-refractivity contribution < 1.29 is 14.1 Å². The van der Waals surface area contributed by atoms with Crippen LogP contribution in [-0.4, -0.2) is 12.1 Å². The predicted octanol–water partition coefficient (Wildman–Crippen LogP) is 5.55. The molecule has 0 aromatic carbocycles. The van der Waals surface area contributed by atoms with Crippen LogP contribution in [-0.2, 0) is 14.1 Å². The van der Waals surface area contributed by atoms with Crippen molar-refractivity contribution in [3.8, 4) is 0 Å². The van der Waals surface area contributed by atoms with E-state index in [0.717, 1.165) is 6.42 Å². The van der Waals surface area contributed by atoms with Gasteiger partial charge in [-0.2, -0.15) is 0 Å². The van der Waals surface area contributed by atoms with Crippen molar-refractivity contribution in [1.82, 2.24) is 0 Å². The van der Waals surface area contributed by atoms with Gasteiger partial charge in [0.25, 0.3) is 0 Å². The molecule has 0 amide bonds. The molecule has 0 bridgehead atoms. The molecule has 21 heavy (non-hydrogen) atoms. The highest BCUT2D eigenvalue weighted by atomic mass is 31.0. The zero-order valence-electron chi connectivity index (χ0n) is 13.8. The average molecular weight is 316 g/mol. The first-order valence-electron chi connectivity index (χ1n) is 8.43. The summed E-state index contributed by atoms with van der Waals surface area (Å²) in [5.41, 5.74) is 0. The van der Waals surface area contributed by atoms with Gasteiger partial charge >= 0.3 is 5.97 Å². The molecule has 4 heteroatoms. The maximum absolute atomic E-state index is 11.3. The maximum Gasteiger partial charge on any atom is 0.340 e. The molecule has 0 rings (SSSR count). The van der Waals surface area contributed by atoms with Gasteiger partial charge in [0.05, 0.1) is 6.26 Å². The molecular weight excluding hydrogens is 283 g/mol. The molecule has 0 saturated heterocycles. The Balaban J connectivity index is 3.23. The van der Waals surface area contributed by atoms with E-state index in [0.29, 0.717) is 0 Å². The summed E-state index contributed by atoms with van der Waals surface area (Å²) in [6, 6.07) is 0. The lowest BCUT2D eigenvalue weighted by Crippen LogP contribution is -2.17. The Morgan fingerprint density at radius 1 is 1.00 bits per heavy atom. The molecule has 3 nitrogen and oxygen atoms in total. The third-order valence-corrected chi connectivity index (χ3v) is 3.95. The molecule has 0 saturated carbocycles. The van der Waals surface area contributed by atoms with E-state index in [-0.39, 0.29) is 5.97 Å². The van der Waals surface area contributed by atoms with E-state index >= 15 is 0 Å². The van der Waals surface area contributed by atoms with Crippen LogP contribution in [0, 0.1) is 0 Å². The normalized spacial score (nSPS) is 12.7. The van der Waals surface area contributed by atoms with E-state index in [4.69, 9.17) is 9.26 Å². The molecular formula is C17H33O3P. The number of unbranched alkanes of at least 4 members (excludes halogenated alkanes) is 10. The Kier molecular flexibility index (Phi) is 15.7. The minimum absolute atomic E-state index is 0.357. The highest BCUT2D eigenvalue weighted by Crippen LogP contribution is 2.11. The highest BCUT2D eigenvalue weighted by Gasteiger charge is 2.11. The van der Waals surface area contributed by atoms with Gasteiger partial charge in [-0.3, -0.25) is 0 Å². The van der Waals surface area contributed by atoms with E-state index in [2.05, 4.69) is 16.4 Å². The Morgan fingerprint density at radius 2 is 1.52 bits per heavy atom. The molecule has 0 aromatic rings. The fraction of sp³-hybridized carbons (Fsp3) is 0.824. The van der Waals surface area contributed by atoms with Gasteiger partial charge in [-0.1, -0.05) is 64.7 Å². The van der Waals surface area contributed by atoms with E-state index in [9.17, 15) is 4.79 Å². The standard InChI is InChI=1S/C17H33O3P/c1-3-4-5-6-7-8-9-10-11-12-13-14-15-19-17(18)16(2)20-21/h14-16H,3-13,21H2,1-2H3. The van der Waals surface area contributed by atoms with Crippen LogP contribution >= 0.6 is 9.47 Å². The van der Waals surface area contributed by atoms with Gasteiger partial charge in [0.15, 0.2) is 6.10 Å². The second kappa shape index (κ2) is 16.0. The number of hydrogen-bond donors (Lipinski definition) is 0. The molecule has 0 aliphatic rings. The summed E-state index contributed by atoms with van der Waals surface area (Å²) in [6.07, 6.45) is 17.2. The first-order chi connectivity index (χ1) is 10.2. The number of allylic oxidation sites excluding steroid dienone is 1. The van der Waals surface area contributed by atoms with Gasteiger partial charge < -0.3 is 9.26 Å². The smallest absolute Gasteiger partial charge is 0.340 e. The summed E-state index contributed by atoms with van der Waals surface area (Å²) in [5.74, 6) is -0.357. The van der Waals surface area contributed by atoms with Crippen LogP contribution in [0.2, 0.25) is 0 Å². The Bertz CT molecular complexity index is 267. The number of esters is 1. The molecule has 0 fully saturated rings. The zero-order valence-corrected chi connectivity index (χ0v) is 15.0. The van der Waals surface area contributed by atoms with Crippen LogP contribution in [0.25, 0.3) is 0 Å². The monoisotopic (exact) mass is 316 g/mol. The first-order valence-corrected chi connectivity index (χ1v) is 8.90. The predicted molar refractivity (Wildman–Crippen MR) is 92.0 cm³/mol. The summed E-state index contributed by atoms with van der Waals surface area (Å²) in [4.78, 5) is 11.3. The Hall–Kier alpha value is -0.400. The molecule has 0 radical (unpaired) electrons. The zero-order chi connectivity index (χ0) is 15.8. The van der Waals surface area contributed by atoms with Gasteiger partial charge in [-0.25, -0.2) is 4.79 Å². The minimum atomic E-state index is -0.531. The van der Waals surface area contributed by atoms with Gasteiger partial charge in [-0.15, -0.1) is 0 Å². The maximum atomic E-state index is 11.3. The van der Waals surface area contributed by atoms with Crippen LogP contribution < -0.4 is 0 Å². The summed E-state index contributed by atoms with van der Waals surface area (Å²) < 4.78 is 9.71. The highest BCUT2D eigenvalue weighted by molar-refractivity contribution is 7.09. The summed E-state index contributed by atoms with van der Waals surface area (Å²) in [5, 5.41) is 0. The van der Waals surface area contributed by atoms with Gasteiger partial charge in [0, 0.05) is 9.47 Å². The van der Waals surface area contributed by atoms with Crippen LogP contribution in [0.5, 0.6) is 0 Å². The number of carbonyl (C=O) groups is 1. The van der Waals surface area contributed by atoms with Crippen molar-refractivity contribution in [1.29, 1.82) is 0 Å². The lowest BCUT2D eigenvalue weighted by molar-refractivity contribution is -0.144. The number of rotatable bonds is 14. The quantitative estimate of drug-likeness (QED) is 0.182. The van der Waals surface area contributed by atoms with Gasteiger partial charge in [0.2, 0.25) is 0 Å². The third kappa shape index (κ3) is 14.3. The SMILES string of the molecule is CCCCCCCCCCCCC=COC(=O)C(C)OP. The number of ether oxygens (including phenoxy) is 1. The van der Waals surface area contributed by atoms with E-state index in [1.54, 1.807) is 6.92 Å². The minimum Gasteiger partial charge on any atom is -0.433 e.